The summed E-state index contributed by atoms with van der Waals surface area (Å²) in [6.45, 7) is 0. The summed E-state index contributed by atoms with van der Waals surface area (Å²) in [6, 6.07) is 4.90. The molecule has 0 unspecified atom stereocenters. The Labute approximate surface area is 141 Å². The lowest BCUT2D eigenvalue weighted by Gasteiger charge is -2.14. The van der Waals surface area contributed by atoms with Gasteiger partial charge in [0.15, 0.2) is 0 Å². The van der Waals surface area contributed by atoms with Crippen LogP contribution in [0.3, 0.4) is 0 Å². The molecule has 0 radical (unpaired) electrons. The number of rotatable bonds is 5. The predicted molar refractivity (Wildman–Crippen MR) is 89.5 cm³/mol. The molecule has 22 heavy (non-hydrogen) atoms. The van der Waals surface area contributed by atoms with Gasteiger partial charge in [-0.1, -0.05) is 0 Å². The summed E-state index contributed by atoms with van der Waals surface area (Å²) >= 11 is 9.05. The first-order chi connectivity index (χ1) is 10.3. The standard InChI is InChI=1S/C12H12BrClN4O3S/c1-21-7-3-4-9(10(5-7)18-22(2,19)20)16-11-8(13)6-15-12(14)17-11/h3-6,18H,1-2H3,(H,15,16,17). The molecule has 2 N–H and O–H groups in total. The van der Waals surface area contributed by atoms with E-state index in [-0.39, 0.29) is 5.28 Å². The van der Waals surface area contributed by atoms with Crippen LogP contribution in [0.5, 0.6) is 5.75 Å². The van der Waals surface area contributed by atoms with Crippen molar-refractivity contribution in [3.63, 3.8) is 0 Å². The Morgan fingerprint density at radius 3 is 2.68 bits per heavy atom. The van der Waals surface area contributed by atoms with Crippen LogP contribution >= 0.6 is 27.5 Å². The Kier molecular flexibility index (Phi) is 5.09. The SMILES string of the molecule is COc1ccc(Nc2nc(Cl)ncc2Br)c(NS(C)(=O)=O)c1. The summed E-state index contributed by atoms with van der Waals surface area (Å²) in [6.07, 6.45) is 2.55. The van der Waals surface area contributed by atoms with E-state index in [4.69, 9.17) is 16.3 Å². The molecule has 0 aliphatic carbocycles. The zero-order chi connectivity index (χ0) is 16.3. The number of halogens is 2. The molecule has 0 aliphatic heterocycles. The molecular weight excluding hydrogens is 396 g/mol. The van der Waals surface area contributed by atoms with Crippen molar-refractivity contribution < 1.29 is 13.2 Å². The van der Waals surface area contributed by atoms with Gasteiger partial charge in [0.1, 0.15) is 11.6 Å². The number of methoxy groups -OCH3 is 1. The average Bonchev–Trinajstić information content (AvgIpc) is 2.43. The number of aromatic nitrogens is 2. The molecule has 118 valence electrons. The van der Waals surface area contributed by atoms with Crippen LogP contribution in [0.2, 0.25) is 5.28 Å². The normalized spacial score (nSPS) is 11.1. The summed E-state index contributed by atoms with van der Waals surface area (Å²) in [7, 11) is -1.96. The molecular formula is C12H12BrClN4O3S. The van der Waals surface area contributed by atoms with Crippen LogP contribution < -0.4 is 14.8 Å². The highest BCUT2D eigenvalue weighted by molar-refractivity contribution is 9.10. The third kappa shape index (κ3) is 4.46. The van der Waals surface area contributed by atoms with E-state index in [2.05, 4.69) is 35.9 Å². The Hall–Kier alpha value is -1.58. The van der Waals surface area contributed by atoms with Crippen LogP contribution in [0.15, 0.2) is 28.9 Å². The maximum absolute atomic E-state index is 11.5. The first-order valence-corrected chi connectivity index (χ1v) is 8.95. The van der Waals surface area contributed by atoms with Crippen molar-refractivity contribution in [1.29, 1.82) is 0 Å². The van der Waals surface area contributed by atoms with Crippen molar-refractivity contribution in [3.05, 3.63) is 34.2 Å². The Morgan fingerprint density at radius 2 is 2.05 bits per heavy atom. The van der Waals surface area contributed by atoms with Crippen LogP contribution in [0.1, 0.15) is 0 Å². The molecule has 0 amide bonds. The average molecular weight is 408 g/mol. The van der Waals surface area contributed by atoms with E-state index in [9.17, 15) is 8.42 Å². The minimum absolute atomic E-state index is 0.0665. The van der Waals surface area contributed by atoms with E-state index < -0.39 is 10.0 Å². The van der Waals surface area contributed by atoms with Crippen molar-refractivity contribution in [2.75, 3.05) is 23.4 Å². The smallest absolute Gasteiger partial charge is 0.229 e. The predicted octanol–water partition coefficient (Wildman–Crippen LogP) is 3.02. The van der Waals surface area contributed by atoms with E-state index in [0.29, 0.717) is 27.4 Å². The van der Waals surface area contributed by atoms with Crippen molar-refractivity contribution in [3.8, 4) is 5.75 Å². The minimum atomic E-state index is -3.45. The van der Waals surface area contributed by atoms with Gasteiger partial charge in [0.2, 0.25) is 15.3 Å². The van der Waals surface area contributed by atoms with E-state index in [1.165, 1.54) is 13.3 Å². The van der Waals surface area contributed by atoms with Gasteiger partial charge in [0.25, 0.3) is 0 Å². The van der Waals surface area contributed by atoms with Crippen LogP contribution in [0, 0.1) is 0 Å². The quantitative estimate of drug-likeness (QED) is 0.740. The highest BCUT2D eigenvalue weighted by atomic mass is 79.9. The zero-order valence-corrected chi connectivity index (χ0v) is 14.8. The number of nitrogens with one attached hydrogen (secondary N) is 2. The molecule has 7 nitrogen and oxygen atoms in total. The second kappa shape index (κ2) is 6.67. The van der Waals surface area contributed by atoms with Crippen molar-refractivity contribution in [1.82, 2.24) is 9.97 Å². The second-order valence-electron chi connectivity index (χ2n) is 4.25. The molecule has 2 rings (SSSR count). The minimum Gasteiger partial charge on any atom is -0.497 e. The first-order valence-electron chi connectivity index (χ1n) is 5.89. The van der Waals surface area contributed by atoms with Gasteiger partial charge in [-0.2, -0.15) is 4.98 Å². The van der Waals surface area contributed by atoms with Gasteiger partial charge < -0.3 is 10.1 Å². The molecule has 0 atom stereocenters. The second-order valence-corrected chi connectivity index (χ2v) is 7.19. The van der Waals surface area contributed by atoms with E-state index >= 15 is 0 Å². The molecule has 1 aromatic carbocycles. The Balaban J connectivity index is 2.43. The Morgan fingerprint density at radius 1 is 1.32 bits per heavy atom. The highest BCUT2D eigenvalue weighted by Gasteiger charge is 2.12. The van der Waals surface area contributed by atoms with E-state index in [1.807, 2.05) is 0 Å². The Bertz CT molecular complexity index is 801. The molecule has 0 aliphatic rings. The summed E-state index contributed by atoms with van der Waals surface area (Å²) in [5, 5.41) is 3.06. The van der Waals surface area contributed by atoms with E-state index in [0.717, 1.165) is 6.26 Å². The molecule has 1 heterocycles. The fourth-order valence-electron chi connectivity index (χ4n) is 1.60. The monoisotopic (exact) mass is 406 g/mol. The lowest BCUT2D eigenvalue weighted by atomic mass is 10.2. The van der Waals surface area contributed by atoms with Crippen LogP contribution in [0.4, 0.5) is 17.2 Å². The van der Waals surface area contributed by atoms with Crippen LogP contribution in [0.25, 0.3) is 0 Å². The maximum atomic E-state index is 11.5. The van der Waals surface area contributed by atoms with E-state index in [1.54, 1.807) is 18.2 Å². The molecule has 0 saturated heterocycles. The van der Waals surface area contributed by atoms with Gasteiger partial charge in [-0.15, -0.1) is 0 Å². The first kappa shape index (κ1) is 16.8. The zero-order valence-electron chi connectivity index (χ0n) is 11.6. The fourth-order valence-corrected chi connectivity index (χ4v) is 2.60. The van der Waals surface area contributed by atoms with Gasteiger partial charge in [-0.3, -0.25) is 4.72 Å². The summed E-state index contributed by atoms with van der Waals surface area (Å²) in [4.78, 5) is 7.86. The van der Waals surface area contributed by atoms with Gasteiger partial charge in [0.05, 0.1) is 29.2 Å². The van der Waals surface area contributed by atoms with Gasteiger partial charge in [-0.25, -0.2) is 13.4 Å². The number of ether oxygens (including phenoxy) is 1. The molecule has 2 aromatic rings. The molecule has 1 aromatic heterocycles. The highest BCUT2D eigenvalue weighted by Crippen LogP contribution is 2.32. The number of benzene rings is 1. The van der Waals surface area contributed by atoms with Crippen molar-refractivity contribution in [2.45, 2.75) is 0 Å². The summed E-state index contributed by atoms with van der Waals surface area (Å²) in [5.41, 5.74) is 0.810. The lowest BCUT2D eigenvalue weighted by Crippen LogP contribution is -2.11. The lowest BCUT2D eigenvalue weighted by molar-refractivity contribution is 0.415. The summed E-state index contributed by atoms with van der Waals surface area (Å²) in [5.74, 6) is 0.915. The molecule has 0 saturated carbocycles. The van der Waals surface area contributed by atoms with Crippen LogP contribution in [-0.4, -0.2) is 31.8 Å². The molecule has 0 fully saturated rings. The van der Waals surface area contributed by atoms with Gasteiger partial charge in [-0.05, 0) is 39.7 Å². The number of nitrogens with zero attached hydrogens (tertiary/aromatic N) is 2. The number of hydrogen-bond acceptors (Lipinski definition) is 6. The third-order valence-corrected chi connectivity index (χ3v) is 3.84. The third-order valence-electron chi connectivity index (χ3n) is 2.49. The van der Waals surface area contributed by atoms with Gasteiger partial charge in [0, 0.05) is 12.3 Å². The number of hydrogen-bond donors (Lipinski definition) is 2. The van der Waals surface area contributed by atoms with Crippen LogP contribution in [-0.2, 0) is 10.0 Å². The molecule has 0 bridgehead atoms. The summed E-state index contributed by atoms with van der Waals surface area (Å²) < 4.78 is 31.1. The van der Waals surface area contributed by atoms with Gasteiger partial charge >= 0.3 is 0 Å². The topological polar surface area (TPSA) is 93.2 Å². The van der Waals surface area contributed by atoms with Crippen molar-refractivity contribution >= 4 is 54.7 Å². The largest absolute Gasteiger partial charge is 0.497 e. The fraction of sp³-hybridized carbons (Fsp3) is 0.167. The van der Waals surface area contributed by atoms with Crippen molar-refractivity contribution in [2.24, 2.45) is 0 Å². The number of sulfonamides is 1. The number of anilines is 3. The molecule has 0 spiro atoms. The maximum Gasteiger partial charge on any atom is 0.229 e. The molecule has 10 heteroatoms.